The molecule has 23 heavy (non-hydrogen) atoms. The molecule has 4 heteroatoms. The Hall–Kier alpha value is -2.59. The number of benzene rings is 2. The number of hydrogen-bond donors (Lipinski definition) is 1. The fourth-order valence-corrected chi connectivity index (χ4v) is 2.85. The van der Waals surface area contributed by atoms with Crippen LogP contribution >= 0.6 is 15.9 Å². The second-order valence-electron chi connectivity index (χ2n) is 5.27. The van der Waals surface area contributed by atoms with Crippen molar-refractivity contribution in [2.24, 2.45) is 0 Å². The van der Waals surface area contributed by atoms with E-state index in [1.807, 2.05) is 54.6 Å². The third kappa shape index (κ3) is 2.98. The molecule has 0 saturated carbocycles. The molecule has 0 spiro atoms. The van der Waals surface area contributed by atoms with Crippen molar-refractivity contribution in [2.75, 3.05) is 0 Å². The zero-order valence-electron chi connectivity index (χ0n) is 12.2. The lowest BCUT2D eigenvalue weighted by atomic mass is 10.1. The average molecular weight is 365 g/mol. The predicted octanol–water partition coefficient (Wildman–Crippen LogP) is 5.76. The number of aromatic nitrogens is 2. The highest BCUT2D eigenvalue weighted by molar-refractivity contribution is 9.10. The van der Waals surface area contributed by atoms with Gasteiger partial charge in [-0.2, -0.15) is 0 Å². The third-order valence-electron chi connectivity index (χ3n) is 3.63. The molecule has 0 saturated heterocycles. The zero-order chi connectivity index (χ0) is 15.6. The van der Waals surface area contributed by atoms with Crippen LogP contribution in [0.3, 0.4) is 0 Å². The lowest BCUT2D eigenvalue weighted by Crippen LogP contribution is -1.71. The monoisotopic (exact) mass is 364 g/mol. The van der Waals surface area contributed by atoms with Gasteiger partial charge in [-0.25, -0.2) is 0 Å². The van der Waals surface area contributed by atoms with Crippen LogP contribution in [-0.4, -0.2) is 10.1 Å². The summed E-state index contributed by atoms with van der Waals surface area (Å²) in [7, 11) is 0. The van der Waals surface area contributed by atoms with Crippen LogP contribution in [0.1, 0.15) is 11.4 Å². The van der Waals surface area contributed by atoms with E-state index in [2.05, 4.69) is 44.3 Å². The molecule has 0 aliphatic heterocycles. The van der Waals surface area contributed by atoms with Crippen LogP contribution in [0.2, 0.25) is 0 Å². The van der Waals surface area contributed by atoms with Crippen LogP contribution in [0.25, 0.3) is 34.4 Å². The number of aromatic amines is 1. The minimum atomic E-state index is 0.769. The van der Waals surface area contributed by atoms with Gasteiger partial charge in [-0.15, -0.1) is 0 Å². The Morgan fingerprint density at radius 3 is 2.70 bits per heavy atom. The van der Waals surface area contributed by atoms with E-state index in [4.69, 9.17) is 4.52 Å². The van der Waals surface area contributed by atoms with Crippen molar-refractivity contribution in [1.29, 1.82) is 0 Å². The first-order chi connectivity index (χ1) is 11.3. The first kappa shape index (κ1) is 14.0. The molecule has 2 heterocycles. The second kappa shape index (κ2) is 5.89. The molecule has 4 aromatic rings. The lowest BCUT2D eigenvalue weighted by molar-refractivity contribution is 0.430. The highest BCUT2D eigenvalue weighted by Gasteiger charge is 2.04. The smallest absolute Gasteiger partial charge is 0.167 e. The van der Waals surface area contributed by atoms with Gasteiger partial charge in [-0.1, -0.05) is 57.5 Å². The first-order valence-corrected chi connectivity index (χ1v) is 8.06. The van der Waals surface area contributed by atoms with Crippen LogP contribution in [0.5, 0.6) is 0 Å². The van der Waals surface area contributed by atoms with E-state index in [9.17, 15) is 0 Å². The molecule has 0 atom stereocenters. The van der Waals surface area contributed by atoms with Gasteiger partial charge in [0.05, 0.1) is 0 Å². The maximum Gasteiger partial charge on any atom is 0.167 e. The molecule has 0 bridgehead atoms. The second-order valence-corrected chi connectivity index (χ2v) is 6.19. The number of fused-ring (bicyclic) bond motifs is 1. The minimum absolute atomic E-state index is 0.769. The summed E-state index contributed by atoms with van der Waals surface area (Å²) in [6.07, 6.45) is 3.94. The molecule has 2 aromatic carbocycles. The Balaban J connectivity index is 1.59. The average Bonchev–Trinajstić information content (AvgIpc) is 3.20. The summed E-state index contributed by atoms with van der Waals surface area (Å²) in [5, 5.41) is 5.27. The molecule has 0 radical (unpaired) electrons. The van der Waals surface area contributed by atoms with Crippen LogP contribution in [-0.2, 0) is 0 Å². The topological polar surface area (TPSA) is 41.8 Å². The fourth-order valence-electron chi connectivity index (χ4n) is 2.49. The Morgan fingerprint density at radius 1 is 0.957 bits per heavy atom. The first-order valence-electron chi connectivity index (χ1n) is 7.26. The van der Waals surface area contributed by atoms with Gasteiger partial charge in [-0.05, 0) is 30.4 Å². The summed E-state index contributed by atoms with van der Waals surface area (Å²) < 4.78 is 6.46. The number of hydrogen-bond acceptors (Lipinski definition) is 2. The summed E-state index contributed by atoms with van der Waals surface area (Å²) in [6.45, 7) is 0. The molecular weight excluding hydrogens is 352 g/mol. The molecule has 0 aliphatic rings. The molecule has 0 aliphatic carbocycles. The van der Waals surface area contributed by atoms with E-state index in [-0.39, 0.29) is 0 Å². The number of nitrogens with one attached hydrogen (secondary N) is 1. The third-order valence-corrected chi connectivity index (χ3v) is 4.12. The summed E-state index contributed by atoms with van der Waals surface area (Å²) in [4.78, 5) is 3.37. The highest BCUT2D eigenvalue weighted by Crippen LogP contribution is 2.23. The van der Waals surface area contributed by atoms with E-state index < -0.39 is 0 Å². The van der Waals surface area contributed by atoms with E-state index in [1.165, 1.54) is 5.39 Å². The SMILES string of the molecule is Brc1ccc2cc(C=Cc3cc(-c4ccccc4)on3)[nH]c2c1. The van der Waals surface area contributed by atoms with Crippen molar-refractivity contribution in [1.82, 2.24) is 10.1 Å². The van der Waals surface area contributed by atoms with E-state index in [0.29, 0.717) is 0 Å². The molecule has 3 nitrogen and oxygen atoms in total. The van der Waals surface area contributed by atoms with Crippen molar-refractivity contribution >= 4 is 39.0 Å². The molecule has 0 fully saturated rings. The van der Waals surface area contributed by atoms with Gasteiger partial charge >= 0.3 is 0 Å². The number of H-pyrrole nitrogens is 1. The Kier molecular flexibility index (Phi) is 3.60. The molecular formula is C19H13BrN2O. The maximum atomic E-state index is 5.40. The largest absolute Gasteiger partial charge is 0.356 e. The lowest BCUT2D eigenvalue weighted by Gasteiger charge is -1.91. The Bertz CT molecular complexity index is 983. The van der Waals surface area contributed by atoms with Crippen molar-refractivity contribution in [3.63, 3.8) is 0 Å². The van der Waals surface area contributed by atoms with Crippen LogP contribution < -0.4 is 0 Å². The zero-order valence-corrected chi connectivity index (χ0v) is 13.7. The fraction of sp³-hybridized carbons (Fsp3) is 0. The maximum absolute atomic E-state index is 5.40. The molecule has 112 valence electrons. The summed E-state index contributed by atoms with van der Waals surface area (Å²) >= 11 is 3.48. The van der Waals surface area contributed by atoms with Crippen molar-refractivity contribution < 1.29 is 4.52 Å². The number of rotatable bonds is 3. The summed E-state index contributed by atoms with van der Waals surface area (Å²) in [5.74, 6) is 0.769. The van der Waals surface area contributed by atoms with Gasteiger partial charge in [-0.3, -0.25) is 0 Å². The Morgan fingerprint density at radius 2 is 1.83 bits per heavy atom. The number of halogens is 1. The van der Waals surface area contributed by atoms with E-state index in [1.54, 1.807) is 0 Å². The van der Waals surface area contributed by atoms with Gasteiger partial charge in [0.25, 0.3) is 0 Å². The van der Waals surface area contributed by atoms with E-state index >= 15 is 0 Å². The van der Waals surface area contributed by atoms with Crippen molar-refractivity contribution in [2.45, 2.75) is 0 Å². The summed E-state index contributed by atoms with van der Waals surface area (Å²) in [6, 6.07) is 20.2. The van der Waals surface area contributed by atoms with Crippen LogP contribution in [0.4, 0.5) is 0 Å². The molecule has 2 aromatic heterocycles. The highest BCUT2D eigenvalue weighted by atomic mass is 79.9. The molecule has 0 amide bonds. The predicted molar refractivity (Wildman–Crippen MR) is 96.9 cm³/mol. The summed E-state index contributed by atoms with van der Waals surface area (Å²) in [5.41, 5.74) is 3.95. The Labute approximate surface area is 141 Å². The quantitative estimate of drug-likeness (QED) is 0.502. The van der Waals surface area contributed by atoms with Gasteiger partial charge in [0.1, 0.15) is 5.69 Å². The molecule has 4 rings (SSSR count). The van der Waals surface area contributed by atoms with Crippen LogP contribution in [0.15, 0.2) is 69.7 Å². The van der Waals surface area contributed by atoms with Gasteiger partial charge < -0.3 is 9.51 Å². The molecule has 0 unspecified atom stereocenters. The van der Waals surface area contributed by atoms with E-state index in [0.717, 1.165) is 32.7 Å². The molecule has 1 N–H and O–H groups in total. The van der Waals surface area contributed by atoms with Crippen molar-refractivity contribution in [3.8, 4) is 11.3 Å². The van der Waals surface area contributed by atoms with Gasteiger partial charge in [0.15, 0.2) is 5.76 Å². The van der Waals surface area contributed by atoms with Crippen molar-refractivity contribution in [3.05, 3.63) is 76.5 Å². The normalized spacial score (nSPS) is 11.5. The van der Waals surface area contributed by atoms with Gasteiger partial charge in [0, 0.05) is 32.7 Å². The number of nitrogens with zero attached hydrogens (tertiary/aromatic N) is 1. The minimum Gasteiger partial charge on any atom is -0.356 e. The van der Waals surface area contributed by atoms with Gasteiger partial charge in [0.2, 0.25) is 0 Å². The standard InChI is InChI=1S/C19H13BrN2O/c20-15-7-6-14-10-16(21-18(14)11-15)8-9-17-12-19(23-22-17)13-4-2-1-3-5-13/h1-12,21H. The van der Waals surface area contributed by atoms with Crippen LogP contribution in [0, 0.1) is 0 Å².